The van der Waals surface area contributed by atoms with Crippen LogP contribution < -0.4 is 16.4 Å². The molecule has 0 bridgehead atoms. The minimum absolute atomic E-state index is 0.0695. The van der Waals surface area contributed by atoms with Gasteiger partial charge in [0.2, 0.25) is 5.91 Å². The Kier molecular flexibility index (Phi) is 3.93. The van der Waals surface area contributed by atoms with Gasteiger partial charge >= 0.3 is 0 Å². The van der Waals surface area contributed by atoms with Gasteiger partial charge in [-0.05, 0) is 25.0 Å². The van der Waals surface area contributed by atoms with E-state index in [1.165, 1.54) is 0 Å². The lowest BCUT2D eigenvalue weighted by atomic mass is 9.87. The van der Waals surface area contributed by atoms with Crippen molar-refractivity contribution >= 4 is 17.5 Å². The number of hydrogen-bond donors (Lipinski definition) is 3. The van der Waals surface area contributed by atoms with Crippen molar-refractivity contribution in [1.82, 2.24) is 4.98 Å². The monoisotopic (exact) mass is 236 g/mol. The Balaban J connectivity index is 2.98. The van der Waals surface area contributed by atoms with Crippen molar-refractivity contribution < 1.29 is 4.79 Å². The summed E-state index contributed by atoms with van der Waals surface area (Å²) in [6.45, 7) is 5.67. The lowest BCUT2D eigenvalue weighted by Gasteiger charge is -2.32. The standard InChI is InChI=1S/C12H20N4O/c1-8(2)12(3,11(13)17)16-10-7-5-6-9(14-4)15-10/h5-8H,1-4H3,(H2,13,17)(H2,14,15,16). The molecule has 0 aliphatic heterocycles. The maximum atomic E-state index is 11.5. The zero-order chi connectivity index (χ0) is 13.1. The van der Waals surface area contributed by atoms with Gasteiger partial charge in [-0.25, -0.2) is 4.98 Å². The van der Waals surface area contributed by atoms with Crippen LogP contribution in [0.3, 0.4) is 0 Å². The zero-order valence-corrected chi connectivity index (χ0v) is 10.7. The number of anilines is 2. The number of carbonyl (C=O) groups is 1. The van der Waals surface area contributed by atoms with E-state index in [1.807, 2.05) is 32.0 Å². The van der Waals surface area contributed by atoms with Gasteiger partial charge in [0, 0.05) is 7.05 Å². The number of amides is 1. The van der Waals surface area contributed by atoms with Crippen molar-refractivity contribution in [2.45, 2.75) is 26.3 Å². The lowest BCUT2D eigenvalue weighted by Crippen LogP contribution is -2.52. The summed E-state index contributed by atoms with van der Waals surface area (Å²) in [6.07, 6.45) is 0. The van der Waals surface area contributed by atoms with Gasteiger partial charge in [0.25, 0.3) is 0 Å². The summed E-state index contributed by atoms with van der Waals surface area (Å²) in [5.74, 6) is 1.06. The normalized spacial score (nSPS) is 14.2. The number of rotatable bonds is 5. The van der Waals surface area contributed by atoms with Gasteiger partial charge in [0.1, 0.15) is 17.2 Å². The fourth-order valence-electron chi connectivity index (χ4n) is 1.40. The van der Waals surface area contributed by atoms with Crippen molar-refractivity contribution in [3.8, 4) is 0 Å². The van der Waals surface area contributed by atoms with E-state index in [2.05, 4.69) is 15.6 Å². The summed E-state index contributed by atoms with van der Waals surface area (Å²) >= 11 is 0. The number of nitrogens with two attached hydrogens (primary N) is 1. The van der Waals surface area contributed by atoms with Gasteiger partial charge in [-0.3, -0.25) is 4.79 Å². The molecule has 0 aliphatic carbocycles. The largest absolute Gasteiger partial charge is 0.373 e. The molecule has 0 radical (unpaired) electrons. The van der Waals surface area contributed by atoms with Crippen molar-refractivity contribution in [3.05, 3.63) is 18.2 Å². The molecule has 1 aromatic heterocycles. The zero-order valence-electron chi connectivity index (χ0n) is 10.7. The molecule has 1 unspecified atom stereocenters. The highest BCUT2D eigenvalue weighted by Crippen LogP contribution is 2.22. The number of primary amides is 1. The molecule has 1 amide bonds. The van der Waals surface area contributed by atoms with Crippen LogP contribution in [0.25, 0.3) is 0 Å². The lowest BCUT2D eigenvalue weighted by molar-refractivity contribution is -0.123. The van der Waals surface area contributed by atoms with Crippen molar-refractivity contribution in [1.29, 1.82) is 0 Å². The number of hydrogen-bond acceptors (Lipinski definition) is 4. The Hall–Kier alpha value is -1.78. The number of pyridine rings is 1. The summed E-state index contributed by atoms with van der Waals surface area (Å²) in [5.41, 5.74) is 4.64. The second-order valence-electron chi connectivity index (χ2n) is 4.50. The molecule has 0 spiro atoms. The van der Waals surface area contributed by atoms with Gasteiger partial charge in [-0.2, -0.15) is 0 Å². The highest BCUT2D eigenvalue weighted by molar-refractivity contribution is 5.87. The molecule has 0 saturated carbocycles. The third-order valence-corrected chi connectivity index (χ3v) is 3.06. The molecule has 5 nitrogen and oxygen atoms in total. The number of nitrogens with zero attached hydrogens (tertiary/aromatic N) is 1. The maximum absolute atomic E-state index is 11.5. The first kappa shape index (κ1) is 13.3. The molecule has 1 heterocycles. The minimum atomic E-state index is -0.806. The average Bonchev–Trinajstić information content (AvgIpc) is 2.28. The Morgan fingerprint density at radius 3 is 2.47 bits per heavy atom. The smallest absolute Gasteiger partial charge is 0.243 e. The van der Waals surface area contributed by atoms with Crippen molar-refractivity contribution in [2.75, 3.05) is 17.7 Å². The van der Waals surface area contributed by atoms with Gasteiger partial charge in [0.15, 0.2) is 0 Å². The van der Waals surface area contributed by atoms with Crippen LogP contribution in [0.15, 0.2) is 18.2 Å². The van der Waals surface area contributed by atoms with Crippen molar-refractivity contribution in [3.63, 3.8) is 0 Å². The summed E-state index contributed by atoms with van der Waals surface area (Å²) in [4.78, 5) is 15.8. The second-order valence-corrected chi connectivity index (χ2v) is 4.50. The predicted octanol–water partition coefficient (Wildman–Crippen LogP) is 1.44. The summed E-state index contributed by atoms with van der Waals surface area (Å²) in [5, 5.41) is 6.05. The molecule has 0 fully saturated rings. The van der Waals surface area contributed by atoms with Crippen LogP contribution in [0.2, 0.25) is 0 Å². The van der Waals surface area contributed by atoms with E-state index in [4.69, 9.17) is 5.73 Å². The maximum Gasteiger partial charge on any atom is 0.243 e. The summed E-state index contributed by atoms with van der Waals surface area (Å²) < 4.78 is 0. The van der Waals surface area contributed by atoms with Crippen LogP contribution in [-0.2, 0) is 4.79 Å². The molecule has 1 aromatic rings. The van der Waals surface area contributed by atoms with Crippen LogP contribution in [-0.4, -0.2) is 23.5 Å². The van der Waals surface area contributed by atoms with Gasteiger partial charge < -0.3 is 16.4 Å². The van der Waals surface area contributed by atoms with Gasteiger partial charge in [-0.15, -0.1) is 0 Å². The quantitative estimate of drug-likeness (QED) is 0.722. The first-order valence-electron chi connectivity index (χ1n) is 5.63. The molecule has 0 aromatic carbocycles. The Morgan fingerprint density at radius 1 is 1.41 bits per heavy atom. The van der Waals surface area contributed by atoms with Crippen LogP contribution in [0.1, 0.15) is 20.8 Å². The van der Waals surface area contributed by atoms with Gasteiger partial charge in [0.05, 0.1) is 0 Å². The van der Waals surface area contributed by atoms with E-state index in [0.29, 0.717) is 5.82 Å². The fraction of sp³-hybridized carbons (Fsp3) is 0.500. The molecule has 1 rings (SSSR count). The second kappa shape index (κ2) is 5.03. The van der Waals surface area contributed by atoms with Crippen LogP contribution in [0.4, 0.5) is 11.6 Å². The predicted molar refractivity (Wildman–Crippen MR) is 69.8 cm³/mol. The van der Waals surface area contributed by atoms with E-state index < -0.39 is 5.54 Å². The molecule has 94 valence electrons. The SMILES string of the molecule is CNc1cccc(NC(C)(C(N)=O)C(C)C)n1. The van der Waals surface area contributed by atoms with E-state index in [1.54, 1.807) is 14.0 Å². The van der Waals surface area contributed by atoms with Gasteiger partial charge in [-0.1, -0.05) is 19.9 Å². The minimum Gasteiger partial charge on any atom is -0.373 e. The Morgan fingerprint density at radius 2 is 2.00 bits per heavy atom. The topological polar surface area (TPSA) is 80.0 Å². The van der Waals surface area contributed by atoms with Crippen LogP contribution in [0.5, 0.6) is 0 Å². The molecule has 4 N–H and O–H groups in total. The highest BCUT2D eigenvalue weighted by Gasteiger charge is 2.34. The van der Waals surface area contributed by atoms with Crippen LogP contribution >= 0.6 is 0 Å². The average molecular weight is 236 g/mol. The Labute approximate surface area is 102 Å². The van der Waals surface area contributed by atoms with E-state index in [9.17, 15) is 4.79 Å². The molecule has 5 heteroatoms. The Bertz CT molecular complexity index is 405. The number of carbonyl (C=O) groups excluding carboxylic acids is 1. The third-order valence-electron chi connectivity index (χ3n) is 3.06. The molecule has 17 heavy (non-hydrogen) atoms. The van der Waals surface area contributed by atoms with E-state index in [0.717, 1.165) is 5.82 Å². The summed E-state index contributed by atoms with van der Waals surface area (Å²) in [6, 6.07) is 5.52. The van der Waals surface area contributed by atoms with E-state index in [-0.39, 0.29) is 11.8 Å². The fourth-order valence-corrected chi connectivity index (χ4v) is 1.40. The highest BCUT2D eigenvalue weighted by atomic mass is 16.1. The molecular formula is C12H20N4O. The molecule has 0 aliphatic rings. The molecule has 1 atom stereocenters. The van der Waals surface area contributed by atoms with E-state index >= 15 is 0 Å². The van der Waals surface area contributed by atoms with Crippen molar-refractivity contribution in [2.24, 2.45) is 11.7 Å². The number of aromatic nitrogens is 1. The van der Waals surface area contributed by atoms with Crippen LogP contribution in [0, 0.1) is 5.92 Å². The molecule has 0 saturated heterocycles. The number of nitrogens with one attached hydrogen (secondary N) is 2. The first-order valence-corrected chi connectivity index (χ1v) is 5.63. The molecular weight excluding hydrogens is 216 g/mol. The third kappa shape index (κ3) is 2.87. The first-order chi connectivity index (χ1) is 7.90. The summed E-state index contributed by atoms with van der Waals surface area (Å²) in [7, 11) is 1.79.